The van der Waals surface area contributed by atoms with Crippen LogP contribution in [0.4, 0.5) is 0 Å². The predicted octanol–water partition coefficient (Wildman–Crippen LogP) is 2.77. The molecule has 0 radical (unpaired) electrons. The molecule has 2 heterocycles. The van der Waals surface area contributed by atoms with E-state index in [0.717, 1.165) is 28.8 Å². The summed E-state index contributed by atoms with van der Waals surface area (Å²) >= 11 is 0. The summed E-state index contributed by atoms with van der Waals surface area (Å²) in [7, 11) is 3.11. The summed E-state index contributed by atoms with van der Waals surface area (Å²) in [5.74, 6) is 2.88. The third kappa shape index (κ3) is 2.62. The zero-order valence-electron chi connectivity index (χ0n) is 13.6. The first-order valence-electron chi connectivity index (χ1n) is 8.01. The van der Waals surface area contributed by atoms with Crippen LogP contribution in [-0.4, -0.2) is 34.4 Å². The van der Waals surface area contributed by atoms with Crippen LogP contribution >= 0.6 is 0 Å². The summed E-state index contributed by atoms with van der Waals surface area (Å²) in [6.45, 7) is 2.04. The summed E-state index contributed by atoms with van der Waals surface area (Å²) in [5, 5.41) is 8.67. The minimum absolute atomic E-state index is 0.280. The third-order valence-corrected chi connectivity index (χ3v) is 4.87. The van der Waals surface area contributed by atoms with Crippen molar-refractivity contribution >= 4 is 0 Å². The van der Waals surface area contributed by atoms with E-state index in [1.54, 1.807) is 13.3 Å². The van der Waals surface area contributed by atoms with Gasteiger partial charge >= 0.3 is 6.01 Å². The molecule has 2 atom stereocenters. The highest BCUT2D eigenvalue weighted by Crippen LogP contribution is 2.59. The van der Waals surface area contributed by atoms with E-state index in [0.29, 0.717) is 11.8 Å². The van der Waals surface area contributed by atoms with Gasteiger partial charge in [0.2, 0.25) is 5.88 Å². The second kappa shape index (κ2) is 5.44. The summed E-state index contributed by atoms with van der Waals surface area (Å²) in [5.41, 5.74) is 3.83. The van der Waals surface area contributed by atoms with Crippen molar-refractivity contribution in [2.24, 2.45) is 11.8 Å². The van der Waals surface area contributed by atoms with E-state index < -0.39 is 0 Å². The van der Waals surface area contributed by atoms with Crippen LogP contribution in [0.1, 0.15) is 36.4 Å². The lowest BCUT2D eigenvalue weighted by molar-refractivity contribution is 0.353. The molecule has 120 valence electrons. The average molecular weight is 312 g/mol. The van der Waals surface area contributed by atoms with Gasteiger partial charge in [-0.2, -0.15) is 10.1 Å². The number of aryl methyl sites for hydroxylation is 1. The van der Waals surface area contributed by atoms with Gasteiger partial charge in [0.25, 0.3) is 0 Å². The van der Waals surface area contributed by atoms with Crippen molar-refractivity contribution in [1.82, 2.24) is 20.2 Å². The normalized spacial score (nSPS) is 22.7. The van der Waals surface area contributed by atoms with E-state index in [1.807, 2.05) is 6.92 Å². The van der Waals surface area contributed by atoms with E-state index in [9.17, 15) is 0 Å². The van der Waals surface area contributed by atoms with E-state index in [4.69, 9.17) is 9.47 Å². The Labute approximate surface area is 135 Å². The molecule has 2 saturated carbocycles. The van der Waals surface area contributed by atoms with Crippen LogP contribution in [0.3, 0.4) is 0 Å². The van der Waals surface area contributed by atoms with E-state index >= 15 is 0 Å². The van der Waals surface area contributed by atoms with Gasteiger partial charge in [-0.3, -0.25) is 0 Å². The average Bonchev–Trinajstić information content (AvgIpc) is 3.47. The Morgan fingerprint density at radius 1 is 1.13 bits per heavy atom. The number of nitrogens with zero attached hydrogens (tertiary/aromatic N) is 4. The number of ether oxygens (including phenoxy) is 2. The fraction of sp³-hybridized carbons (Fsp3) is 0.529. The Kier molecular flexibility index (Phi) is 3.39. The number of hydrogen-bond donors (Lipinski definition) is 0. The first-order valence-corrected chi connectivity index (χ1v) is 8.01. The number of hydrogen-bond acceptors (Lipinski definition) is 6. The molecule has 23 heavy (non-hydrogen) atoms. The monoisotopic (exact) mass is 312 g/mol. The molecule has 2 aliphatic rings. The molecule has 2 unspecified atom stereocenters. The van der Waals surface area contributed by atoms with Gasteiger partial charge < -0.3 is 9.47 Å². The Hall–Kier alpha value is -2.24. The number of rotatable bonds is 5. The fourth-order valence-corrected chi connectivity index (χ4v) is 3.37. The Morgan fingerprint density at radius 3 is 2.65 bits per heavy atom. The second-order valence-corrected chi connectivity index (χ2v) is 6.39. The minimum Gasteiger partial charge on any atom is -0.480 e. The third-order valence-electron chi connectivity index (χ3n) is 4.87. The van der Waals surface area contributed by atoms with Gasteiger partial charge in [-0.05, 0) is 55.6 Å². The van der Waals surface area contributed by atoms with Crippen molar-refractivity contribution in [2.45, 2.75) is 32.1 Å². The molecule has 2 fully saturated rings. The maximum Gasteiger partial charge on any atom is 0.319 e. The van der Waals surface area contributed by atoms with Crippen LogP contribution in [0, 0.1) is 18.8 Å². The Bertz CT molecular complexity index is 745. The second-order valence-electron chi connectivity index (χ2n) is 6.39. The van der Waals surface area contributed by atoms with Crippen LogP contribution in [0.5, 0.6) is 11.9 Å². The number of methoxy groups -OCH3 is 2. The predicted molar refractivity (Wildman–Crippen MR) is 84.5 cm³/mol. The Balaban J connectivity index is 1.69. The molecular weight excluding hydrogens is 292 g/mol. The highest BCUT2D eigenvalue weighted by Gasteiger charge is 2.48. The first-order chi connectivity index (χ1) is 11.2. The van der Waals surface area contributed by atoms with Gasteiger partial charge in [-0.15, -0.1) is 5.10 Å². The lowest BCUT2D eigenvalue weighted by Crippen LogP contribution is -2.02. The van der Waals surface area contributed by atoms with Crippen LogP contribution < -0.4 is 9.47 Å². The van der Waals surface area contributed by atoms with Crippen molar-refractivity contribution < 1.29 is 9.47 Å². The summed E-state index contributed by atoms with van der Waals surface area (Å²) < 4.78 is 10.4. The molecule has 0 aromatic carbocycles. The smallest absolute Gasteiger partial charge is 0.319 e. The van der Waals surface area contributed by atoms with E-state index in [1.165, 1.54) is 31.9 Å². The SMILES string of the molecule is COc1ncc(-c2cc(C3CC3C3CC3)c(C)nn2)c(OC)n1. The lowest BCUT2D eigenvalue weighted by atomic mass is 10.0. The van der Waals surface area contributed by atoms with Crippen LogP contribution in [-0.2, 0) is 0 Å². The van der Waals surface area contributed by atoms with Gasteiger partial charge in [0.15, 0.2) is 0 Å². The topological polar surface area (TPSA) is 70.0 Å². The molecule has 0 aliphatic heterocycles. The highest BCUT2D eigenvalue weighted by molar-refractivity contribution is 5.64. The van der Waals surface area contributed by atoms with Crippen molar-refractivity contribution in [1.29, 1.82) is 0 Å². The first kappa shape index (κ1) is 14.4. The summed E-state index contributed by atoms with van der Waals surface area (Å²) in [6, 6.07) is 2.41. The van der Waals surface area contributed by atoms with Crippen molar-refractivity contribution in [2.75, 3.05) is 14.2 Å². The van der Waals surface area contributed by atoms with Crippen molar-refractivity contribution in [3.05, 3.63) is 23.5 Å². The molecule has 0 amide bonds. The molecule has 6 nitrogen and oxygen atoms in total. The molecule has 0 N–H and O–H groups in total. The molecule has 0 saturated heterocycles. The van der Waals surface area contributed by atoms with Gasteiger partial charge in [-0.1, -0.05) is 0 Å². The molecule has 0 spiro atoms. The van der Waals surface area contributed by atoms with Crippen molar-refractivity contribution in [3.8, 4) is 23.1 Å². The van der Waals surface area contributed by atoms with Gasteiger partial charge in [-0.25, -0.2) is 4.98 Å². The summed E-state index contributed by atoms with van der Waals surface area (Å²) in [6.07, 6.45) is 5.75. The van der Waals surface area contributed by atoms with E-state index in [2.05, 4.69) is 26.2 Å². The summed E-state index contributed by atoms with van der Waals surface area (Å²) in [4.78, 5) is 8.40. The van der Waals surface area contributed by atoms with Crippen LogP contribution in [0.2, 0.25) is 0 Å². The minimum atomic E-state index is 0.280. The maximum absolute atomic E-state index is 5.36. The molecule has 6 heteroatoms. The molecule has 4 rings (SSSR count). The van der Waals surface area contributed by atoms with Crippen LogP contribution in [0.15, 0.2) is 12.3 Å². The van der Waals surface area contributed by atoms with Gasteiger partial charge in [0.1, 0.15) is 5.69 Å². The lowest BCUT2D eigenvalue weighted by Gasteiger charge is -2.10. The van der Waals surface area contributed by atoms with Gasteiger partial charge in [0, 0.05) is 6.20 Å². The van der Waals surface area contributed by atoms with Crippen LogP contribution in [0.25, 0.3) is 11.3 Å². The van der Waals surface area contributed by atoms with Gasteiger partial charge in [0.05, 0.1) is 25.5 Å². The highest BCUT2D eigenvalue weighted by atomic mass is 16.5. The zero-order chi connectivity index (χ0) is 16.0. The largest absolute Gasteiger partial charge is 0.480 e. The molecule has 0 bridgehead atoms. The molecule has 2 aromatic heterocycles. The van der Waals surface area contributed by atoms with E-state index in [-0.39, 0.29) is 6.01 Å². The molecule has 2 aliphatic carbocycles. The Morgan fingerprint density at radius 2 is 1.96 bits per heavy atom. The molecular formula is C17H20N4O2. The zero-order valence-corrected chi connectivity index (χ0v) is 13.6. The molecule has 2 aromatic rings. The maximum atomic E-state index is 5.36. The number of aromatic nitrogens is 4. The van der Waals surface area contributed by atoms with Crippen molar-refractivity contribution in [3.63, 3.8) is 0 Å². The standard InChI is InChI=1S/C17H20N4O2/c1-9-11(13-6-12(13)10-4-5-10)7-15(21-20-9)14-8-18-17(23-3)19-16(14)22-2/h7-8,10,12-13H,4-6H2,1-3H3. The quantitative estimate of drug-likeness (QED) is 0.845. The fourth-order valence-electron chi connectivity index (χ4n) is 3.37.